The molecule has 3 aromatic rings. The summed E-state index contributed by atoms with van der Waals surface area (Å²) < 4.78 is 7.76. The fraction of sp³-hybridized carbons (Fsp3) is 0.0800. The minimum absolute atomic E-state index is 0.116. The molecule has 0 atom stereocenters. The van der Waals surface area contributed by atoms with Gasteiger partial charge in [0.25, 0.3) is 5.91 Å². The Morgan fingerprint density at radius 2 is 1.85 bits per heavy atom. The Bertz CT molecular complexity index is 1330. The zero-order valence-electron chi connectivity index (χ0n) is 17.4. The third kappa shape index (κ3) is 4.25. The van der Waals surface area contributed by atoms with E-state index >= 15 is 0 Å². The quantitative estimate of drug-likeness (QED) is 0.477. The molecule has 0 radical (unpaired) electrons. The second-order valence-corrected chi connectivity index (χ2v) is 8.58. The molecule has 1 N–H and O–H groups in total. The number of carbonyl (C=O) groups excluding carboxylic acids is 1. The zero-order valence-corrected chi connectivity index (χ0v) is 19.0. The number of thioether (sulfide) groups is 1. The lowest BCUT2D eigenvalue weighted by atomic mass is 10.1. The van der Waals surface area contributed by atoms with Crippen LogP contribution in [0.15, 0.2) is 88.9 Å². The number of nitrogens with one attached hydrogen (secondary N) is 1. The number of aromatic nitrogens is 1. The summed E-state index contributed by atoms with van der Waals surface area (Å²) in [7, 11) is 0. The first kappa shape index (κ1) is 21.3. The molecule has 2 aromatic carbocycles. The molecule has 2 aliphatic heterocycles. The summed E-state index contributed by atoms with van der Waals surface area (Å²) in [5, 5.41) is 11.8. The molecular formula is C25H19ClN4O2S. The Hall–Kier alpha value is -3.55. The second-order valence-electron chi connectivity index (χ2n) is 7.33. The molecule has 8 heteroatoms. The molecule has 0 bridgehead atoms. The van der Waals surface area contributed by atoms with E-state index in [2.05, 4.69) is 4.99 Å². The van der Waals surface area contributed by atoms with E-state index < -0.39 is 5.91 Å². The monoisotopic (exact) mass is 474 g/mol. The van der Waals surface area contributed by atoms with Crippen molar-refractivity contribution in [3.63, 3.8) is 0 Å². The molecule has 5 rings (SSSR count). The van der Waals surface area contributed by atoms with Crippen LogP contribution in [0.1, 0.15) is 11.3 Å². The lowest BCUT2D eigenvalue weighted by molar-refractivity contribution is -0.114. The topological polar surface area (TPSA) is 70.7 Å². The summed E-state index contributed by atoms with van der Waals surface area (Å²) in [6.07, 6.45) is 3.63. The predicted molar refractivity (Wildman–Crippen MR) is 133 cm³/mol. The molecule has 0 spiro atoms. The van der Waals surface area contributed by atoms with Crippen LogP contribution in [-0.4, -0.2) is 33.0 Å². The normalized spacial score (nSPS) is 16.6. The Kier molecular flexibility index (Phi) is 5.90. The van der Waals surface area contributed by atoms with Crippen LogP contribution >= 0.6 is 23.4 Å². The Balaban J connectivity index is 1.36. The van der Waals surface area contributed by atoms with Gasteiger partial charge in [-0.25, -0.2) is 0 Å². The van der Waals surface area contributed by atoms with E-state index in [4.69, 9.17) is 21.7 Å². The van der Waals surface area contributed by atoms with Crippen molar-refractivity contribution >= 4 is 52.0 Å². The van der Waals surface area contributed by atoms with Gasteiger partial charge in [0.15, 0.2) is 5.17 Å². The van der Waals surface area contributed by atoms with E-state index in [1.165, 1.54) is 11.8 Å². The van der Waals surface area contributed by atoms with Crippen LogP contribution in [0.5, 0.6) is 5.75 Å². The van der Waals surface area contributed by atoms with E-state index in [0.29, 0.717) is 29.1 Å². The maximum absolute atomic E-state index is 12.8. The average molecular weight is 475 g/mol. The summed E-state index contributed by atoms with van der Waals surface area (Å²) in [6, 6.07) is 20.9. The van der Waals surface area contributed by atoms with Crippen LogP contribution in [0.3, 0.4) is 0 Å². The number of benzene rings is 2. The van der Waals surface area contributed by atoms with Crippen LogP contribution < -0.4 is 4.74 Å². The van der Waals surface area contributed by atoms with Crippen molar-refractivity contribution in [1.29, 1.82) is 5.41 Å². The molecule has 0 aliphatic carbocycles. The van der Waals surface area contributed by atoms with Crippen molar-refractivity contribution < 1.29 is 9.53 Å². The summed E-state index contributed by atoms with van der Waals surface area (Å²) in [6.45, 7) is 0.966. The van der Waals surface area contributed by atoms with Gasteiger partial charge in [0.1, 0.15) is 18.2 Å². The molecule has 6 nitrogen and oxygen atoms in total. The molecule has 33 heavy (non-hydrogen) atoms. The summed E-state index contributed by atoms with van der Waals surface area (Å²) in [5.41, 5.74) is 2.84. The Morgan fingerprint density at radius 3 is 2.67 bits per heavy atom. The second kappa shape index (κ2) is 9.13. The standard InChI is InChI=1S/C25H19ClN4O2S/c26-20-10-4-5-11-22(20)32-14-13-29-12-6-9-18(29)15-19-23(27)30-21(17-7-2-1-3-8-17)16-33-25(30)28-24(19)31/h1-12,15-16,27H,13-14H2/b19-15+,27-23?. The largest absolute Gasteiger partial charge is 0.490 e. The highest BCUT2D eigenvalue weighted by atomic mass is 35.5. The molecule has 2 aliphatic rings. The van der Waals surface area contributed by atoms with Crippen molar-refractivity contribution in [3.8, 4) is 5.75 Å². The molecule has 0 fully saturated rings. The maximum atomic E-state index is 12.8. The van der Waals surface area contributed by atoms with Crippen molar-refractivity contribution in [3.05, 3.63) is 100 Å². The number of ether oxygens (including phenoxy) is 1. The summed E-state index contributed by atoms with van der Waals surface area (Å²) in [4.78, 5) is 18.7. The molecule has 0 saturated carbocycles. The SMILES string of the molecule is N=C1/C(=C\c2cccn2CCOc2ccccc2Cl)C(=O)N=C2SC=C(c3ccccc3)N12. The number of halogens is 1. The average Bonchev–Trinajstić information content (AvgIpc) is 3.45. The van der Waals surface area contributed by atoms with Gasteiger partial charge in [-0.15, -0.1) is 0 Å². The van der Waals surface area contributed by atoms with Crippen molar-refractivity contribution in [2.24, 2.45) is 4.99 Å². The van der Waals surface area contributed by atoms with Gasteiger partial charge in [-0.1, -0.05) is 65.8 Å². The van der Waals surface area contributed by atoms with Gasteiger partial charge in [-0.2, -0.15) is 4.99 Å². The number of amides is 1. The summed E-state index contributed by atoms with van der Waals surface area (Å²) >= 11 is 7.50. The molecule has 164 valence electrons. The highest BCUT2D eigenvalue weighted by Crippen LogP contribution is 2.37. The Labute approximate surface area is 200 Å². The van der Waals surface area contributed by atoms with Crippen LogP contribution in [0, 0.1) is 5.41 Å². The van der Waals surface area contributed by atoms with Crippen molar-refractivity contribution in [1.82, 2.24) is 9.47 Å². The molecule has 1 amide bonds. The van der Waals surface area contributed by atoms with Gasteiger partial charge in [0.2, 0.25) is 0 Å². The fourth-order valence-electron chi connectivity index (χ4n) is 3.64. The van der Waals surface area contributed by atoms with E-state index in [0.717, 1.165) is 17.0 Å². The highest BCUT2D eigenvalue weighted by Gasteiger charge is 2.36. The van der Waals surface area contributed by atoms with Crippen LogP contribution in [0.2, 0.25) is 5.02 Å². The number of aliphatic imine (C=N–C) groups is 1. The molecular weight excluding hydrogens is 456 g/mol. The van der Waals surface area contributed by atoms with Gasteiger partial charge in [0, 0.05) is 17.3 Å². The Morgan fingerprint density at radius 1 is 1.06 bits per heavy atom. The first-order valence-corrected chi connectivity index (χ1v) is 11.6. The number of fused-ring (bicyclic) bond motifs is 1. The van der Waals surface area contributed by atoms with E-state index in [-0.39, 0.29) is 11.4 Å². The summed E-state index contributed by atoms with van der Waals surface area (Å²) in [5.74, 6) is 0.329. The van der Waals surface area contributed by atoms with Crippen LogP contribution in [-0.2, 0) is 11.3 Å². The molecule has 3 heterocycles. The first-order valence-electron chi connectivity index (χ1n) is 10.3. The van der Waals surface area contributed by atoms with Gasteiger partial charge in [-0.05, 0) is 35.9 Å². The molecule has 0 saturated heterocycles. The van der Waals surface area contributed by atoms with Crippen molar-refractivity contribution in [2.45, 2.75) is 6.54 Å². The molecule has 1 aromatic heterocycles. The van der Waals surface area contributed by atoms with Gasteiger partial charge in [-0.3, -0.25) is 15.1 Å². The third-order valence-corrected chi connectivity index (χ3v) is 6.41. The van der Waals surface area contributed by atoms with Gasteiger partial charge in [0.05, 0.1) is 22.8 Å². The van der Waals surface area contributed by atoms with Crippen LogP contribution in [0.4, 0.5) is 0 Å². The zero-order chi connectivity index (χ0) is 22.8. The number of hydrogen-bond donors (Lipinski definition) is 1. The number of nitrogens with zero attached hydrogens (tertiary/aromatic N) is 3. The van der Waals surface area contributed by atoms with Gasteiger partial charge < -0.3 is 9.30 Å². The minimum Gasteiger partial charge on any atom is -0.490 e. The van der Waals surface area contributed by atoms with Crippen LogP contribution in [0.25, 0.3) is 11.8 Å². The fourth-order valence-corrected chi connectivity index (χ4v) is 4.72. The smallest absolute Gasteiger partial charge is 0.283 e. The number of para-hydroxylation sites is 1. The highest BCUT2D eigenvalue weighted by molar-refractivity contribution is 8.17. The number of carbonyl (C=O) groups is 1. The van der Waals surface area contributed by atoms with Gasteiger partial charge >= 0.3 is 0 Å². The van der Waals surface area contributed by atoms with E-state index in [1.54, 1.807) is 17.0 Å². The lowest BCUT2D eigenvalue weighted by Gasteiger charge is -2.27. The minimum atomic E-state index is -0.415. The number of amidine groups is 2. The molecule has 0 unspecified atom stereocenters. The first-order chi connectivity index (χ1) is 16.1. The number of rotatable bonds is 6. The number of hydrogen-bond acceptors (Lipinski definition) is 4. The maximum Gasteiger partial charge on any atom is 0.283 e. The predicted octanol–water partition coefficient (Wildman–Crippen LogP) is 5.52. The van der Waals surface area contributed by atoms with E-state index in [1.807, 2.05) is 76.8 Å². The van der Waals surface area contributed by atoms with E-state index in [9.17, 15) is 4.79 Å². The van der Waals surface area contributed by atoms with Crippen molar-refractivity contribution in [2.75, 3.05) is 6.61 Å². The lowest BCUT2D eigenvalue weighted by Crippen LogP contribution is -2.38. The third-order valence-electron chi connectivity index (χ3n) is 5.27.